The molecule has 0 radical (unpaired) electrons. The summed E-state index contributed by atoms with van der Waals surface area (Å²) in [6.45, 7) is 0.188. The molecule has 2 aliphatic rings. The standard InChI is InChI=1S/C20H18ClF3N6OS/c21-18-17(27-20(32)25-14-7-13(14)24)19-26-16(3-4-30(19)28-18)29-8-10(31)6-15(29)11-5-9(22)1-2-12(11)23/h1-5,10,13-15,31H,6-8H2,(H2,25,27,32)/t10-,13-,14+,15-/m1/s1. The van der Waals surface area contributed by atoms with Gasteiger partial charge in [0.2, 0.25) is 0 Å². The Labute approximate surface area is 191 Å². The number of halogens is 4. The molecular weight excluding hydrogens is 465 g/mol. The molecule has 32 heavy (non-hydrogen) atoms. The van der Waals surface area contributed by atoms with Gasteiger partial charge in [-0.15, -0.1) is 0 Å². The average molecular weight is 483 g/mol. The first-order valence-electron chi connectivity index (χ1n) is 9.96. The Morgan fingerprint density at radius 1 is 1.25 bits per heavy atom. The van der Waals surface area contributed by atoms with Crippen LogP contribution in [0, 0.1) is 11.6 Å². The summed E-state index contributed by atoms with van der Waals surface area (Å²) in [5.41, 5.74) is 0.808. The molecule has 1 aliphatic heterocycles. The first-order valence-corrected chi connectivity index (χ1v) is 10.7. The highest BCUT2D eigenvalue weighted by Crippen LogP contribution is 2.38. The molecule has 3 heterocycles. The zero-order chi connectivity index (χ0) is 22.6. The van der Waals surface area contributed by atoms with Crippen LogP contribution in [0.15, 0.2) is 30.5 Å². The minimum Gasteiger partial charge on any atom is -0.391 e. The molecule has 1 saturated carbocycles. The number of nitrogens with zero attached hydrogens (tertiary/aromatic N) is 4. The second kappa shape index (κ2) is 8.05. The lowest BCUT2D eigenvalue weighted by Crippen LogP contribution is -2.31. The number of hydrogen-bond donors (Lipinski definition) is 3. The highest BCUT2D eigenvalue weighted by Gasteiger charge is 2.38. The van der Waals surface area contributed by atoms with E-state index in [-0.39, 0.29) is 34.8 Å². The molecule has 1 saturated heterocycles. The van der Waals surface area contributed by atoms with E-state index in [2.05, 4.69) is 20.7 Å². The number of fused-ring (bicyclic) bond motifs is 1. The Kier molecular flexibility index (Phi) is 5.34. The number of nitrogens with one attached hydrogen (secondary N) is 2. The summed E-state index contributed by atoms with van der Waals surface area (Å²) in [7, 11) is 0. The van der Waals surface area contributed by atoms with Gasteiger partial charge in [0.15, 0.2) is 15.9 Å². The minimum atomic E-state index is -0.930. The van der Waals surface area contributed by atoms with Crippen LogP contribution in [-0.2, 0) is 0 Å². The molecule has 12 heteroatoms. The molecule has 0 spiro atoms. The van der Waals surface area contributed by atoms with Crippen LogP contribution in [0.5, 0.6) is 0 Å². The summed E-state index contributed by atoms with van der Waals surface area (Å²) in [5.74, 6) is -0.700. The fourth-order valence-electron chi connectivity index (χ4n) is 3.92. The molecule has 1 aliphatic carbocycles. The van der Waals surface area contributed by atoms with Crippen LogP contribution in [0.1, 0.15) is 24.4 Å². The summed E-state index contributed by atoms with van der Waals surface area (Å²) < 4.78 is 42.8. The Morgan fingerprint density at radius 3 is 2.78 bits per heavy atom. The van der Waals surface area contributed by atoms with Crippen LogP contribution in [0.2, 0.25) is 5.15 Å². The highest BCUT2D eigenvalue weighted by molar-refractivity contribution is 7.80. The number of aliphatic hydroxyl groups is 1. The van der Waals surface area contributed by atoms with E-state index in [0.29, 0.717) is 23.6 Å². The van der Waals surface area contributed by atoms with Crippen LogP contribution in [0.3, 0.4) is 0 Å². The zero-order valence-corrected chi connectivity index (χ0v) is 18.0. The van der Waals surface area contributed by atoms with Crippen molar-refractivity contribution >= 4 is 46.1 Å². The molecule has 0 unspecified atom stereocenters. The lowest BCUT2D eigenvalue weighted by molar-refractivity contribution is 0.194. The fraction of sp³-hybridized carbons (Fsp3) is 0.350. The van der Waals surface area contributed by atoms with Crippen LogP contribution < -0.4 is 15.5 Å². The third-order valence-electron chi connectivity index (χ3n) is 5.59. The molecule has 5 rings (SSSR count). The predicted octanol–water partition coefficient (Wildman–Crippen LogP) is 3.37. The van der Waals surface area contributed by atoms with Crippen molar-refractivity contribution in [2.45, 2.75) is 37.2 Å². The summed E-state index contributed by atoms with van der Waals surface area (Å²) in [4.78, 5) is 6.30. The SMILES string of the molecule is O[C@@H]1C[C@H](c2cc(F)ccc2F)N(c2ccn3nc(Cl)c(NC(=S)N[C@H]4C[C@H]4F)c3n2)C1. The van der Waals surface area contributed by atoms with Gasteiger partial charge in [-0.05, 0) is 42.9 Å². The van der Waals surface area contributed by atoms with Gasteiger partial charge in [0, 0.05) is 24.7 Å². The van der Waals surface area contributed by atoms with Crippen molar-refractivity contribution in [2.75, 3.05) is 16.8 Å². The van der Waals surface area contributed by atoms with Gasteiger partial charge >= 0.3 is 0 Å². The number of thiocarbonyl (C=S) groups is 1. The van der Waals surface area contributed by atoms with Gasteiger partial charge < -0.3 is 20.6 Å². The third kappa shape index (κ3) is 3.96. The summed E-state index contributed by atoms with van der Waals surface area (Å²) >= 11 is 11.5. The third-order valence-corrected chi connectivity index (χ3v) is 6.07. The van der Waals surface area contributed by atoms with E-state index in [0.717, 1.165) is 18.2 Å². The van der Waals surface area contributed by atoms with Crippen molar-refractivity contribution in [2.24, 2.45) is 0 Å². The maximum Gasteiger partial charge on any atom is 0.182 e. The van der Waals surface area contributed by atoms with E-state index in [4.69, 9.17) is 23.8 Å². The largest absolute Gasteiger partial charge is 0.391 e. The zero-order valence-electron chi connectivity index (χ0n) is 16.5. The molecule has 168 valence electrons. The number of alkyl halides is 1. The molecule has 1 aromatic carbocycles. The molecule has 3 N–H and O–H groups in total. The molecule has 7 nitrogen and oxygen atoms in total. The summed E-state index contributed by atoms with van der Waals surface area (Å²) in [6, 6.07) is 3.97. The van der Waals surface area contributed by atoms with Gasteiger partial charge in [-0.3, -0.25) is 0 Å². The van der Waals surface area contributed by atoms with Crippen LogP contribution >= 0.6 is 23.8 Å². The highest BCUT2D eigenvalue weighted by atomic mass is 35.5. The summed E-state index contributed by atoms with van der Waals surface area (Å²) in [5, 5.41) is 20.5. The molecule has 2 fully saturated rings. The first-order chi connectivity index (χ1) is 15.3. The Hall–Kier alpha value is -2.63. The van der Waals surface area contributed by atoms with Gasteiger partial charge in [-0.1, -0.05) is 11.6 Å². The van der Waals surface area contributed by atoms with E-state index in [1.54, 1.807) is 17.2 Å². The molecule has 0 amide bonds. The maximum absolute atomic E-state index is 14.5. The number of rotatable bonds is 4. The van der Waals surface area contributed by atoms with Crippen molar-refractivity contribution in [3.8, 4) is 0 Å². The topological polar surface area (TPSA) is 77.7 Å². The first kappa shape index (κ1) is 21.2. The second-order valence-corrected chi connectivity index (χ2v) is 8.67. The van der Waals surface area contributed by atoms with Crippen LogP contribution in [0.4, 0.5) is 24.7 Å². The fourth-order valence-corrected chi connectivity index (χ4v) is 4.39. The number of benzene rings is 1. The predicted molar refractivity (Wildman–Crippen MR) is 118 cm³/mol. The number of anilines is 2. The molecule has 4 atom stereocenters. The Bertz CT molecular complexity index is 1210. The summed E-state index contributed by atoms with van der Waals surface area (Å²) in [6.07, 6.45) is 0.560. The van der Waals surface area contributed by atoms with E-state index in [1.165, 1.54) is 4.52 Å². The molecule has 2 aromatic heterocycles. The smallest absolute Gasteiger partial charge is 0.182 e. The number of hydrogen-bond acceptors (Lipinski definition) is 5. The number of β-amino-alcohol motifs (C(OH)–C–C–N with tert-alkyl or cyclic N) is 1. The lowest BCUT2D eigenvalue weighted by Gasteiger charge is -2.26. The Morgan fingerprint density at radius 2 is 2.03 bits per heavy atom. The van der Waals surface area contributed by atoms with Crippen molar-refractivity contribution < 1.29 is 18.3 Å². The van der Waals surface area contributed by atoms with Crippen molar-refractivity contribution in [3.05, 3.63) is 52.8 Å². The van der Waals surface area contributed by atoms with Crippen molar-refractivity contribution in [1.29, 1.82) is 0 Å². The molecular formula is C20H18ClF3N6OS. The van der Waals surface area contributed by atoms with Gasteiger partial charge in [-0.25, -0.2) is 22.7 Å². The number of aliphatic hydroxyl groups excluding tert-OH is 1. The number of aromatic nitrogens is 3. The van der Waals surface area contributed by atoms with Gasteiger partial charge in [0.25, 0.3) is 0 Å². The van der Waals surface area contributed by atoms with Gasteiger partial charge in [-0.2, -0.15) is 5.10 Å². The lowest BCUT2D eigenvalue weighted by atomic mass is 10.0. The quantitative estimate of drug-likeness (QED) is 0.492. The minimum absolute atomic E-state index is 0.112. The van der Waals surface area contributed by atoms with E-state index >= 15 is 0 Å². The van der Waals surface area contributed by atoms with Crippen molar-refractivity contribution in [3.63, 3.8) is 0 Å². The van der Waals surface area contributed by atoms with E-state index in [1.807, 2.05) is 0 Å². The molecule has 0 bridgehead atoms. The second-order valence-electron chi connectivity index (χ2n) is 7.90. The van der Waals surface area contributed by atoms with Crippen molar-refractivity contribution in [1.82, 2.24) is 19.9 Å². The normalized spacial score (nSPS) is 24.7. The van der Waals surface area contributed by atoms with E-state index in [9.17, 15) is 18.3 Å². The molecule has 3 aromatic rings. The van der Waals surface area contributed by atoms with Crippen LogP contribution in [0.25, 0.3) is 5.65 Å². The average Bonchev–Trinajstić information content (AvgIpc) is 3.15. The van der Waals surface area contributed by atoms with Gasteiger partial charge in [0.05, 0.1) is 18.2 Å². The van der Waals surface area contributed by atoms with E-state index < -0.39 is 30.0 Å². The van der Waals surface area contributed by atoms with Gasteiger partial charge in [0.1, 0.15) is 29.3 Å². The monoisotopic (exact) mass is 482 g/mol. The van der Waals surface area contributed by atoms with Crippen LogP contribution in [-0.4, -0.2) is 49.7 Å². The Balaban J connectivity index is 1.48. The maximum atomic E-state index is 14.5.